The SMILES string of the molecule is CCC1CC2(CCC1OC)Cc1ccc(C#N)cc1C2C(=O)N(CC(C)(C)F)C(=N)N. The maximum Gasteiger partial charge on any atom is 0.237 e. The minimum Gasteiger partial charge on any atom is -0.381 e. The van der Waals surface area contributed by atoms with Gasteiger partial charge in [0, 0.05) is 7.11 Å². The standard InChI is InChI=1S/C24H33FN4O2/c1-5-16-11-24(9-8-19(16)31-4)12-17-7-6-15(13-26)10-18(17)20(24)21(30)29(22(27)28)14-23(2,3)25/h6-7,10,16,19-20H,5,8-9,11-12,14H2,1-4H3,(H3,27,28). The molecule has 4 atom stereocenters. The molecule has 1 aromatic rings. The van der Waals surface area contributed by atoms with E-state index in [1.165, 1.54) is 13.8 Å². The van der Waals surface area contributed by atoms with Crippen molar-refractivity contribution in [3.8, 4) is 6.07 Å². The summed E-state index contributed by atoms with van der Waals surface area (Å²) in [7, 11) is 1.73. The fourth-order valence-corrected chi connectivity index (χ4v) is 5.68. The van der Waals surface area contributed by atoms with E-state index in [0.717, 1.165) is 48.1 Å². The van der Waals surface area contributed by atoms with Gasteiger partial charge in [-0.2, -0.15) is 5.26 Å². The molecule has 0 heterocycles. The summed E-state index contributed by atoms with van der Waals surface area (Å²) in [6, 6.07) is 7.67. The Morgan fingerprint density at radius 2 is 2.19 bits per heavy atom. The van der Waals surface area contributed by atoms with Gasteiger partial charge in [0.15, 0.2) is 5.96 Å². The lowest BCUT2D eigenvalue weighted by Crippen LogP contribution is -2.52. The highest BCUT2D eigenvalue weighted by Crippen LogP contribution is 2.58. The number of amides is 1. The Morgan fingerprint density at radius 3 is 2.74 bits per heavy atom. The minimum atomic E-state index is -1.69. The summed E-state index contributed by atoms with van der Waals surface area (Å²) >= 11 is 0. The number of nitrogens with zero attached hydrogens (tertiary/aromatic N) is 2. The van der Waals surface area contributed by atoms with Crippen LogP contribution in [0.2, 0.25) is 0 Å². The number of carbonyl (C=O) groups excluding carboxylic acids is 1. The zero-order chi connectivity index (χ0) is 23.0. The lowest BCUT2D eigenvalue weighted by atomic mass is 9.61. The molecule has 0 aromatic heterocycles. The minimum absolute atomic E-state index is 0.151. The van der Waals surface area contributed by atoms with Crippen molar-refractivity contribution in [1.82, 2.24) is 4.90 Å². The molecule has 0 radical (unpaired) electrons. The van der Waals surface area contributed by atoms with Crippen LogP contribution in [0.4, 0.5) is 4.39 Å². The van der Waals surface area contributed by atoms with E-state index in [1.807, 2.05) is 6.07 Å². The fraction of sp³-hybridized carbons (Fsp3) is 0.625. The molecule has 0 saturated heterocycles. The molecule has 0 bridgehead atoms. The van der Waals surface area contributed by atoms with E-state index in [9.17, 15) is 14.4 Å². The Balaban J connectivity index is 2.09. The van der Waals surface area contributed by atoms with Crippen LogP contribution in [-0.2, 0) is 16.0 Å². The van der Waals surface area contributed by atoms with Crippen molar-refractivity contribution in [2.24, 2.45) is 17.1 Å². The highest BCUT2D eigenvalue weighted by atomic mass is 19.1. The fourth-order valence-electron chi connectivity index (χ4n) is 5.68. The van der Waals surface area contributed by atoms with Gasteiger partial charge in [-0.3, -0.25) is 15.1 Å². The lowest BCUT2D eigenvalue weighted by Gasteiger charge is -2.46. The average molecular weight is 429 g/mol. The number of rotatable bonds is 5. The first kappa shape index (κ1) is 23.2. The average Bonchev–Trinajstić information content (AvgIpc) is 3.02. The van der Waals surface area contributed by atoms with Gasteiger partial charge < -0.3 is 10.5 Å². The van der Waals surface area contributed by atoms with Crippen LogP contribution in [-0.4, -0.2) is 42.2 Å². The molecule has 4 unspecified atom stereocenters. The van der Waals surface area contributed by atoms with E-state index in [-0.39, 0.29) is 24.0 Å². The second-order valence-electron chi connectivity index (χ2n) is 9.71. The molecule has 7 heteroatoms. The molecule has 1 fully saturated rings. The summed E-state index contributed by atoms with van der Waals surface area (Å²) in [6.45, 7) is 4.60. The lowest BCUT2D eigenvalue weighted by molar-refractivity contribution is -0.135. The normalized spacial score (nSPS) is 27.5. The van der Waals surface area contributed by atoms with Crippen LogP contribution >= 0.6 is 0 Å². The Labute approximate surface area is 184 Å². The van der Waals surface area contributed by atoms with Crippen LogP contribution < -0.4 is 5.73 Å². The van der Waals surface area contributed by atoms with Crippen LogP contribution in [0.15, 0.2) is 18.2 Å². The van der Waals surface area contributed by atoms with Gasteiger partial charge in [-0.05, 0) is 74.1 Å². The quantitative estimate of drug-likeness (QED) is 0.549. The molecule has 1 saturated carbocycles. The number of guanidine groups is 1. The summed E-state index contributed by atoms with van der Waals surface area (Å²) in [4.78, 5) is 14.9. The van der Waals surface area contributed by atoms with Crippen molar-refractivity contribution in [3.05, 3.63) is 34.9 Å². The van der Waals surface area contributed by atoms with Crippen LogP contribution in [0, 0.1) is 28.1 Å². The molecular weight excluding hydrogens is 395 g/mol. The van der Waals surface area contributed by atoms with Crippen molar-refractivity contribution in [3.63, 3.8) is 0 Å². The van der Waals surface area contributed by atoms with Gasteiger partial charge >= 0.3 is 0 Å². The van der Waals surface area contributed by atoms with Crippen LogP contribution in [0.3, 0.4) is 0 Å². The molecule has 2 aliphatic rings. The molecule has 0 aliphatic heterocycles. The number of hydrogen-bond donors (Lipinski definition) is 2. The van der Waals surface area contributed by atoms with Crippen LogP contribution in [0.5, 0.6) is 0 Å². The maximum atomic E-state index is 14.5. The number of nitriles is 1. The highest BCUT2D eigenvalue weighted by Gasteiger charge is 2.54. The molecule has 31 heavy (non-hydrogen) atoms. The van der Waals surface area contributed by atoms with E-state index in [2.05, 4.69) is 13.0 Å². The number of methoxy groups -OCH3 is 1. The number of nitrogens with two attached hydrogens (primary N) is 1. The first-order chi connectivity index (χ1) is 14.5. The molecular formula is C24H33FN4O2. The van der Waals surface area contributed by atoms with Gasteiger partial charge in [0.25, 0.3) is 0 Å². The number of alkyl halides is 1. The van der Waals surface area contributed by atoms with Crippen molar-refractivity contribution >= 4 is 11.9 Å². The van der Waals surface area contributed by atoms with Gasteiger partial charge in [-0.1, -0.05) is 19.4 Å². The number of halogens is 1. The van der Waals surface area contributed by atoms with Gasteiger partial charge in [0.2, 0.25) is 5.91 Å². The van der Waals surface area contributed by atoms with Gasteiger partial charge in [-0.15, -0.1) is 0 Å². The van der Waals surface area contributed by atoms with E-state index in [4.69, 9.17) is 15.9 Å². The number of carbonyl (C=O) groups is 1. The molecule has 168 valence electrons. The number of benzene rings is 1. The van der Waals surface area contributed by atoms with Gasteiger partial charge in [0.05, 0.1) is 30.2 Å². The number of fused-ring (bicyclic) bond motifs is 1. The molecule has 6 nitrogen and oxygen atoms in total. The predicted molar refractivity (Wildman–Crippen MR) is 117 cm³/mol. The predicted octanol–water partition coefficient (Wildman–Crippen LogP) is 3.88. The molecule has 3 N–H and O–H groups in total. The number of hydrogen-bond acceptors (Lipinski definition) is 4. The first-order valence-corrected chi connectivity index (χ1v) is 10.9. The molecule has 1 aromatic carbocycles. The number of ether oxygens (including phenoxy) is 1. The Bertz CT molecular complexity index is 904. The monoisotopic (exact) mass is 428 g/mol. The zero-order valence-corrected chi connectivity index (χ0v) is 18.9. The molecule has 1 amide bonds. The molecule has 2 aliphatic carbocycles. The first-order valence-electron chi connectivity index (χ1n) is 10.9. The van der Waals surface area contributed by atoms with Gasteiger partial charge in [0.1, 0.15) is 5.67 Å². The Kier molecular flexibility index (Phi) is 6.43. The van der Waals surface area contributed by atoms with E-state index in [1.54, 1.807) is 19.2 Å². The highest BCUT2D eigenvalue weighted by molar-refractivity contribution is 5.99. The third-order valence-electron chi connectivity index (χ3n) is 7.03. The topological polar surface area (TPSA) is 103 Å². The maximum absolute atomic E-state index is 14.5. The van der Waals surface area contributed by atoms with Crippen LogP contribution in [0.1, 0.15) is 69.1 Å². The second kappa shape index (κ2) is 8.58. The van der Waals surface area contributed by atoms with Crippen molar-refractivity contribution in [1.29, 1.82) is 10.7 Å². The van der Waals surface area contributed by atoms with Crippen LogP contribution in [0.25, 0.3) is 0 Å². The molecule has 1 spiro atoms. The molecule has 3 rings (SSSR count). The smallest absolute Gasteiger partial charge is 0.237 e. The van der Waals surface area contributed by atoms with Gasteiger partial charge in [-0.25, -0.2) is 4.39 Å². The summed E-state index contributed by atoms with van der Waals surface area (Å²) in [5.74, 6) is -1.05. The van der Waals surface area contributed by atoms with Crippen molar-refractivity contribution in [2.75, 3.05) is 13.7 Å². The Hall–Kier alpha value is -2.46. The van der Waals surface area contributed by atoms with E-state index >= 15 is 0 Å². The third-order valence-corrected chi connectivity index (χ3v) is 7.03. The van der Waals surface area contributed by atoms with Crippen molar-refractivity contribution in [2.45, 2.75) is 70.6 Å². The third kappa shape index (κ3) is 4.45. The summed E-state index contributed by atoms with van der Waals surface area (Å²) in [6.07, 6.45) is 4.25. The van der Waals surface area contributed by atoms with E-state index in [0.29, 0.717) is 11.5 Å². The largest absolute Gasteiger partial charge is 0.381 e. The number of nitrogens with one attached hydrogen (secondary N) is 1. The van der Waals surface area contributed by atoms with Crippen molar-refractivity contribution < 1.29 is 13.9 Å². The van der Waals surface area contributed by atoms with E-state index < -0.39 is 17.5 Å². The zero-order valence-electron chi connectivity index (χ0n) is 18.9. The Morgan fingerprint density at radius 1 is 1.48 bits per heavy atom. The second-order valence-corrected chi connectivity index (χ2v) is 9.71. The summed E-state index contributed by atoms with van der Waals surface area (Å²) < 4.78 is 20.2. The summed E-state index contributed by atoms with van der Waals surface area (Å²) in [5, 5.41) is 17.4. The summed E-state index contributed by atoms with van der Waals surface area (Å²) in [5.41, 5.74) is 6.07.